The highest BCUT2D eigenvalue weighted by Gasteiger charge is 2.13. The molecule has 0 fully saturated rings. The van der Waals surface area contributed by atoms with Crippen LogP contribution in [0.2, 0.25) is 0 Å². The number of ether oxygens (including phenoxy) is 1. The Morgan fingerprint density at radius 3 is 2.60 bits per heavy atom. The molecular weight excluding hydrogens is 188 g/mol. The van der Waals surface area contributed by atoms with Gasteiger partial charge >= 0.3 is 0 Å². The molecule has 0 heterocycles. The van der Waals surface area contributed by atoms with Crippen molar-refractivity contribution < 1.29 is 10.1 Å². The number of nitrogens with two attached hydrogens (primary N) is 2. The van der Waals surface area contributed by atoms with Crippen molar-refractivity contribution in [2.24, 2.45) is 5.73 Å². The van der Waals surface area contributed by atoms with E-state index in [-0.39, 0.29) is 5.84 Å². The molecule has 0 bridgehead atoms. The van der Waals surface area contributed by atoms with Gasteiger partial charge in [-0.3, -0.25) is 11.1 Å². The molecule has 3 heteroatoms. The smallest absolute Gasteiger partial charge is 0.275 e. The lowest BCUT2D eigenvalue weighted by molar-refractivity contribution is -0.114. The van der Waals surface area contributed by atoms with E-state index in [4.69, 9.17) is 15.9 Å². The molecule has 0 atom stereocenters. The van der Waals surface area contributed by atoms with Gasteiger partial charge in [0.05, 0.1) is 7.11 Å². The zero-order valence-corrected chi connectivity index (χ0v) is 8.53. The average molecular weight is 201 g/mol. The average Bonchev–Trinajstić information content (AvgIpc) is 2.27. The van der Waals surface area contributed by atoms with E-state index in [1.165, 1.54) is 0 Å². The number of hydrogen-bond donors (Lipinski definition) is 2. The molecule has 0 radical (unpaired) electrons. The van der Waals surface area contributed by atoms with Crippen molar-refractivity contribution >= 4 is 16.6 Å². The van der Waals surface area contributed by atoms with Crippen molar-refractivity contribution in [3.8, 4) is 5.75 Å². The van der Waals surface area contributed by atoms with Crippen LogP contribution in [0.5, 0.6) is 5.75 Å². The first kappa shape index (κ1) is 9.52. The Bertz CT molecular complexity index is 520. The standard InChI is InChI=1S/C12H12N2O/c1-15-10-7-6-8-4-2-3-5-9(8)11(10)12(13)14/h2-7H,1H3,(H3,13,14)/p+1. The molecule has 76 valence electrons. The maximum atomic E-state index is 5.67. The molecule has 0 aromatic heterocycles. The number of rotatable bonds is 2. The fourth-order valence-corrected chi connectivity index (χ4v) is 1.72. The van der Waals surface area contributed by atoms with Crippen LogP contribution in [0.4, 0.5) is 0 Å². The van der Waals surface area contributed by atoms with E-state index in [1.54, 1.807) is 7.11 Å². The molecule has 0 unspecified atom stereocenters. The van der Waals surface area contributed by atoms with Gasteiger partial charge in [0, 0.05) is 5.39 Å². The van der Waals surface area contributed by atoms with Gasteiger partial charge in [-0.25, -0.2) is 0 Å². The minimum Gasteiger partial charge on any atom is -0.496 e. The second kappa shape index (κ2) is 3.61. The summed E-state index contributed by atoms with van der Waals surface area (Å²) in [5.41, 5.74) is 6.44. The van der Waals surface area contributed by atoms with Crippen molar-refractivity contribution in [3.05, 3.63) is 42.0 Å². The van der Waals surface area contributed by atoms with Crippen LogP contribution in [-0.4, -0.2) is 12.9 Å². The van der Waals surface area contributed by atoms with Crippen molar-refractivity contribution in [3.63, 3.8) is 0 Å². The van der Waals surface area contributed by atoms with Crippen molar-refractivity contribution in [1.82, 2.24) is 0 Å². The lowest BCUT2D eigenvalue weighted by Crippen LogP contribution is -2.46. The summed E-state index contributed by atoms with van der Waals surface area (Å²) in [5.74, 6) is 0.984. The molecule has 0 aliphatic rings. The predicted molar refractivity (Wildman–Crippen MR) is 60.7 cm³/mol. The zero-order chi connectivity index (χ0) is 10.8. The first-order chi connectivity index (χ1) is 7.24. The van der Waals surface area contributed by atoms with Crippen LogP contribution in [0.3, 0.4) is 0 Å². The normalized spacial score (nSPS) is 10.2. The summed E-state index contributed by atoms with van der Waals surface area (Å²) in [6, 6.07) is 11.8. The highest BCUT2D eigenvalue weighted by Crippen LogP contribution is 2.26. The maximum absolute atomic E-state index is 5.67. The lowest BCUT2D eigenvalue weighted by atomic mass is 10.0. The fourth-order valence-electron chi connectivity index (χ4n) is 1.72. The van der Waals surface area contributed by atoms with Gasteiger partial charge in [0.1, 0.15) is 11.3 Å². The first-order valence-electron chi connectivity index (χ1n) is 4.68. The second-order valence-electron chi connectivity index (χ2n) is 3.32. The third-order valence-corrected chi connectivity index (χ3v) is 2.40. The van der Waals surface area contributed by atoms with Crippen molar-refractivity contribution in [2.75, 3.05) is 7.11 Å². The molecule has 0 saturated heterocycles. The number of fused-ring (bicyclic) bond motifs is 1. The quantitative estimate of drug-likeness (QED) is 0.542. The van der Waals surface area contributed by atoms with Crippen LogP contribution >= 0.6 is 0 Å². The lowest BCUT2D eigenvalue weighted by Gasteiger charge is -2.07. The Morgan fingerprint density at radius 2 is 1.93 bits per heavy atom. The monoisotopic (exact) mass is 201 g/mol. The second-order valence-corrected chi connectivity index (χ2v) is 3.32. The summed E-state index contributed by atoms with van der Waals surface area (Å²) in [7, 11) is 1.61. The Hall–Kier alpha value is -2.03. The highest BCUT2D eigenvalue weighted by molar-refractivity contribution is 6.08. The van der Waals surface area contributed by atoms with Crippen LogP contribution in [0.15, 0.2) is 36.4 Å². The van der Waals surface area contributed by atoms with Crippen LogP contribution in [-0.2, 0) is 0 Å². The zero-order valence-electron chi connectivity index (χ0n) is 8.53. The van der Waals surface area contributed by atoms with Crippen molar-refractivity contribution in [2.45, 2.75) is 0 Å². The van der Waals surface area contributed by atoms with Gasteiger partial charge in [-0.2, -0.15) is 0 Å². The first-order valence-corrected chi connectivity index (χ1v) is 4.68. The van der Waals surface area contributed by atoms with E-state index in [1.807, 2.05) is 36.4 Å². The van der Waals surface area contributed by atoms with E-state index in [0.29, 0.717) is 5.75 Å². The molecule has 2 aromatic rings. The van der Waals surface area contributed by atoms with Crippen LogP contribution in [0.1, 0.15) is 5.56 Å². The Balaban J connectivity index is 2.85. The van der Waals surface area contributed by atoms with Gasteiger partial charge in [-0.1, -0.05) is 30.3 Å². The Kier molecular flexibility index (Phi) is 2.29. The molecule has 0 amide bonds. The van der Waals surface area contributed by atoms with Gasteiger partial charge in [-0.05, 0) is 11.5 Å². The minimum absolute atomic E-state index is 0.281. The third kappa shape index (κ3) is 1.52. The van der Waals surface area contributed by atoms with Gasteiger partial charge in [0.2, 0.25) is 0 Å². The minimum atomic E-state index is 0.281. The molecule has 0 aliphatic carbocycles. The van der Waals surface area contributed by atoms with Gasteiger partial charge in [0.15, 0.2) is 0 Å². The molecule has 4 N–H and O–H groups in total. The topological polar surface area (TPSA) is 60.8 Å². The largest absolute Gasteiger partial charge is 0.496 e. The number of hydrogen-bond acceptors (Lipinski definition) is 1. The van der Waals surface area contributed by atoms with Crippen molar-refractivity contribution in [1.29, 1.82) is 0 Å². The maximum Gasteiger partial charge on any atom is 0.275 e. The van der Waals surface area contributed by atoms with E-state index < -0.39 is 0 Å². The highest BCUT2D eigenvalue weighted by atomic mass is 16.5. The molecule has 0 spiro atoms. The SMILES string of the molecule is COc1ccc2ccccc2c1C(N)=[NH2+]. The van der Waals surface area contributed by atoms with Gasteiger partial charge < -0.3 is 4.74 Å². The molecule has 2 aromatic carbocycles. The van der Waals surface area contributed by atoms with E-state index in [9.17, 15) is 0 Å². The van der Waals surface area contributed by atoms with Gasteiger partial charge in [0.25, 0.3) is 5.84 Å². The fraction of sp³-hybridized carbons (Fsp3) is 0.0833. The molecule has 2 rings (SSSR count). The van der Waals surface area contributed by atoms with E-state index in [0.717, 1.165) is 16.3 Å². The van der Waals surface area contributed by atoms with E-state index in [2.05, 4.69) is 0 Å². The van der Waals surface area contributed by atoms with Crippen LogP contribution < -0.4 is 15.9 Å². The van der Waals surface area contributed by atoms with Gasteiger partial charge in [-0.15, -0.1) is 0 Å². The third-order valence-electron chi connectivity index (χ3n) is 2.40. The predicted octanol–water partition coefficient (Wildman–Crippen LogP) is 0.313. The summed E-state index contributed by atoms with van der Waals surface area (Å²) in [4.78, 5) is 0. The summed E-state index contributed by atoms with van der Waals surface area (Å²) < 4.78 is 5.23. The van der Waals surface area contributed by atoms with Crippen LogP contribution in [0, 0.1) is 0 Å². The van der Waals surface area contributed by atoms with E-state index >= 15 is 0 Å². The summed E-state index contributed by atoms with van der Waals surface area (Å²) in [5, 5.41) is 7.78. The number of methoxy groups -OCH3 is 1. The summed E-state index contributed by atoms with van der Waals surface area (Å²) >= 11 is 0. The Labute approximate surface area is 88.0 Å². The Morgan fingerprint density at radius 1 is 1.20 bits per heavy atom. The molecule has 3 nitrogen and oxygen atoms in total. The van der Waals surface area contributed by atoms with Crippen LogP contribution in [0.25, 0.3) is 10.8 Å². The molecule has 15 heavy (non-hydrogen) atoms. The molecular formula is C12H13N2O+. The summed E-state index contributed by atoms with van der Waals surface area (Å²) in [6.07, 6.45) is 0. The molecule has 0 saturated carbocycles. The summed E-state index contributed by atoms with van der Waals surface area (Å²) in [6.45, 7) is 0. The molecule has 0 aliphatic heterocycles. The number of amidine groups is 1. The number of benzene rings is 2.